The van der Waals surface area contributed by atoms with Gasteiger partial charge in [-0.1, -0.05) is 27.7 Å². The molecule has 0 unspecified atom stereocenters. The van der Waals surface area contributed by atoms with Crippen molar-refractivity contribution in [2.45, 2.75) is 93.9 Å². The number of H-pyrrole nitrogens is 3. The fourth-order valence-corrected chi connectivity index (χ4v) is 7.81. The molecule has 246 valence electrons. The minimum atomic E-state index is 0.0584. The minimum Gasteiger partial charge on any atom is -0.396 e. The normalized spacial score (nSPS) is 13.4. The zero-order valence-corrected chi connectivity index (χ0v) is 29.3. The maximum atomic E-state index is 10.1. The predicted molar refractivity (Wildman–Crippen MR) is 197 cm³/mol. The molecule has 0 aliphatic carbocycles. The molecule has 0 spiro atoms. The van der Waals surface area contributed by atoms with Crippen molar-refractivity contribution in [3.63, 3.8) is 0 Å². The summed E-state index contributed by atoms with van der Waals surface area (Å²) < 4.78 is 0. The molecule has 0 saturated heterocycles. The lowest BCUT2D eigenvalue weighted by molar-refractivity contribution is 0.300. The number of aryl methyl sites for hydroxylation is 5. The van der Waals surface area contributed by atoms with Gasteiger partial charge in [0.25, 0.3) is 0 Å². The highest BCUT2D eigenvalue weighted by atomic mass is 16.3. The number of aromatic nitrogens is 5. The van der Waals surface area contributed by atoms with Crippen molar-refractivity contribution in [1.29, 1.82) is 0 Å². The third kappa shape index (κ3) is 5.49. The van der Waals surface area contributed by atoms with Crippen LogP contribution in [0.4, 0.5) is 0 Å². The summed E-state index contributed by atoms with van der Waals surface area (Å²) in [5.41, 5.74) is 22.0. The van der Waals surface area contributed by atoms with E-state index in [9.17, 15) is 10.2 Å². The van der Waals surface area contributed by atoms with E-state index in [0.29, 0.717) is 12.8 Å². The Morgan fingerprint density at radius 2 is 1.09 bits per heavy atom. The molecule has 7 nitrogen and oxygen atoms in total. The fourth-order valence-electron chi connectivity index (χ4n) is 7.81. The second kappa shape index (κ2) is 13.1. The molecule has 0 atom stereocenters. The Labute approximate surface area is 277 Å². The number of aromatic amines is 3. The number of aliphatic hydroxyl groups is 2. The van der Waals surface area contributed by atoms with Gasteiger partial charge in [-0.25, -0.2) is 9.97 Å². The number of nitrogens with zero attached hydrogens (tertiary/aromatic N) is 2. The van der Waals surface area contributed by atoms with Crippen LogP contribution in [0.15, 0.2) is 24.3 Å². The average Bonchev–Trinajstić information content (AvgIpc) is 3.80. The van der Waals surface area contributed by atoms with Crippen LogP contribution in [-0.4, -0.2) is 48.3 Å². The molecule has 6 heterocycles. The quantitative estimate of drug-likeness (QED) is 0.134. The number of hydrogen-bond acceptors (Lipinski definition) is 4. The summed E-state index contributed by atoms with van der Waals surface area (Å²) >= 11 is 0. The molecule has 5 N–H and O–H groups in total. The molecule has 7 heteroatoms. The molecule has 4 aromatic rings. The van der Waals surface area contributed by atoms with Gasteiger partial charge < -0.3 is 25.2 Å². The monoisotopic (exact) mass is 631 g/mol. The van der Waals surface area contributed by atoms with E-state index in [-0.39, 0.29) is 13.2 Å². The highest BCUT2D eigenvalue weighted by Crippen LogP contribution is 2.38. The molecule has 4 aromatic heterocycles. The van der Waals surface area contributed by atoms with Crippen LogP contribution in [-0.2, 0) is 25.7 Å². The summed E-state index contributed by atoms with van der Waals surface area (Å²) in [5, 5.41) is 20.2. The van der Waals surface area contributed by atoms with Gasteiger partial charge in [0.1, 0.15) is 0 Å². The molecule has 6 rings (SSSR count). The first-order valence-corrected chi connectivity index (χ1v) is 17.3. The lowest BCUT2D eigenvalue weighted by Gasteiger charge is -2.02. The number of rotatable bonds is 8. The van der Waals surface area contributed by atoms with Gasteiger partial charge in [0.2, 0.25) is 0 Å². The first kappa shape index (κ1) is 32.7. The van der Waals surface area contributed by atoms with E-state index >= 15 is 0 Å². The molecular weight excluding hydrogens is 582 g/mol. The molecule has 0 radical (unpaired) electrons. The lowest BCUT2D eigenvalue weighted by Crippen LogP contribution is -1.91. The Hall–Kier alpha value is -4.20. The summed E-state index contributed by atoms with van der Waals surface area (Å²) in [6.45, 7) is 17.6. The highest BCUT2D eigenvalue weighted by Gasteiger charge is 2.23. The standard InChI is InChI=1S/C40H49N5O2/c1-9-25-23(7)39-40-24(8)26(10-2)34(45-40)18-32-22(6)30(14-16-47)38(42-32)20-36-28(12-4)27(11-3)35(43-36)19-37-29(13-15-46)21(5)31(41-37)17-33(25)44-39/h17-20,41,43-44,46-47H,9-16H2,1-8H3. The minimum absolute atomic E-state index is 0.0584. The smallest absolute Gasteiger partial charge is 0.0907 e. The van der Waals surface area contributed by atoms with Gasteiger partial charge in [0, 0.05) is 40.8 Å². The van der Waals surface area contributed by atoms with E-state index in [0.717, 1.165) is 104 Å². The number of nitrogens with one attached hydrogen (secondary N) is 3. The van der Waals surface area contributed by atoms with Crippen LogP contribution in [0.25, 0.3) is 55.4 Å². The van der Waals surface area contributed by atoms with Crippen molar-refractivity contribution in [2.24, 2.45) is 0 Å². The summed E-state index contributed by atoms with van der Waals surface area (Å²) in [7, 11) is 0. The topological polar surface area (TPSA) is 114 Å². The highest BCUT2D eigenvalue weighted by molar-refractivity contribution is 5.98. The third-order valence-electron chi connectivity index (χ3n) is 10.4. The molecule has 0 saturated carbocycles. The molecule has 0 fully saturated rings. The van der Waals surface area contributed by atoms with Gasteiger partial charge >= 0.3 is 0 Å². The number of hydrogen-bond donors (Lipinski definition) is 5. The van der Waals surface area contributed by atoms with E-state index in [1.54, 1.807) is 0 Å². The molecule has 47 heavy (non-hydrogen) atoms. The largest absolute Gasteiger partial charge is 0.396 e. The molecule has 0 amide bonds. The van der Waals surface area contributed by atoms with Crippen molar-refractivity contribution < 1.29 is 10.2 Å². The lowest BCUT2D eigenvalue weighted by atomic mass is 10.0. The van der Waals surface area contributed by atoms with Crippen LogP contribution >= 0.6 is 0 Å². The van der Waals surface area contributed by atoms with E-state index in [1.165, 1.54) is 33.4 Å². The third-order valence-corrected chi connectivity index (χ3v) is 10.4. The van der Waals surface area contributed by atoms with E-state index in [2.05, 4.69) is 94.6 Å². The number of aliphatic hydroxyl groups excluding tert-OH is 2. The zero-order chi connectivity index (χ0) is 33.6. The summed E-state index contributed by atoms with van der Waals surface area (Å²) in [6, 6.07) is 8.75. The maximum Gasteiger partial charge on any atom is 0.0907 e. The van der Waals surface area contributed by atoms with Crippen molar-refractivity contribution >= 4 is 55.4 Å². The van der Waals surface area contributed by atoms with E-state index in [1.807, 2.05) is 0 Å². The Balaban J connectivity index is 1.85. The fraction of sp³-hybridized carbons (Fsp3) is 0.400. The first-order valence-electron chi connectivity index (χ1n) is 17.3. The van der Waals surface area contributed by atoms with Crippen molar-refractivity contribution in [3.05, 3.63) is 80.4 Å². The SMILES string of the molecule is CCC1=C(C)c2nc1cc1nc(cc3[nH]c(cc4[nH]c(cc5[nH]c2c(C)c5CC)c(C)c4CCO)c(CC)c3CC)C(CCO)=C1C. The van der Waals surface area contributed by atoms with Crippen molar-refractivity contribution in [2.75, 3.05) is 13.2 Å². The van der Waals surface area contributed by atoms with Crippen LogP contribution < -0.4 is 0 Å². The van der Waals surface area contributed by atoms with E-state index < -0.39 is 0 Å². The summed E-state index contributed by atoms with van der Waals surface area (Å²) in [4.78, 5) is 21.7. The molecule has 0 aromatic carbocycles. The Bertz CT molecular complexity index is 2150. The van der Waals surface area contributed by atoms with Gasteiger partial charge in [-0.05, 0) is 146 Å². The van der Waals surface area contributed by atoms with Gasteiger partial charge in [0.05, 0.1) is 28.3 Å². The van der Waals surface area contributed by atoms with Crippen LogP contribution in [0.1, 0.15) is 111 Å². The van der Waals surface area contributed by atoms with Crippen LogP contribution in [0, 0.1) is 13.8 Å². The predicted octanol–water partition coefficient (Wildman–Crippen LogP) is 8.85. The second-order valence-electron chi connectivity index (χ2n) is 12.9. The van der Waals surface area contributed by atoms with Crippen molar-refractivity contribution in [1.82, 2.24) is 24.9 Å². The Morgan fingerprint density at radius 1 is 0.511 bits per heavy atom. The molecule has 2 aliphatic rings. The number of allylic oxidation sites excluding steroid dienone is 3. The Morgan fingerprint density at radius 3 is 1.72 bits per heavy atom. The van der Waals surface area contributed by atoms with Gasteiger partial charge in [-0.3, -0.25) is 0 Å². The van der Waals surface area contributed by atoms with Crippen LogP contribution in [0.2, 0.25) is 0 Å². The van der Waals surface area contributed by atoms with Gasteiger partial charge in [-0.2, -0.15) is 0 Å². The van der Waals surface area contributed by atoms with Gasteiger partial charge in [0.15, 0.2) is 0 Å². The Kier molecular flexibility index (Phi) is 9.14. The average molecular weight is 632 g/mol. The molecular formula is C40H49N5O2. The van der Waals surface area contributed by atoms with Crippen LogP contribution in [0.3, 0.4) is 0 Å². The van der Waals surface area contributed by atoms with Gasteiger partial charge in [-0.15, -0.1) is 0 Å². The maximum absolute atomic E-state index is 10.1. The first-order chi connectivity index (χ1) is 22.7. The summed E-state index contributed by atoms with van der Waals surface area (Å²) in [5.74, 6) is 0. The van der Waals surface area contributed by atoms with Crippen molar-refractivity contribution in [3.8, 4) is 0 Å². The molecule has 2 aliphatic heterocycles. The zero-order valence-electron chi connectivity index (χ0n) is 29.3. The number of fused-ring (bicyclic) bond motifs is 11. The molecule has 10 bridgehead atoms. The summed E-state index contributed by atoms with van der Waals surface area (Å²) in [6.07, 6.45) is 4.63. The van der Waals surface area contributed by atoms with E-state index in [4.69, 9.17) is 9.97 Å². The second-order valence-corrected chi connectivity index (χ2v) is 12.9. The van der Waals surface area contributed by atoms with Crippen LogP contribution in [0.5, 0.6) is 0 Å².